The van der Waals surface area contributed by atoms with Crippen molar-refractivity contribution in [2.75, 3.05) is 12.8 Å². The van der Waals surface area contributed by atoms with Gasteiger partial charge in [0.25, 0.3) is 0 Å². The van der Waals surface area contributed by atoms with E-state index in [1.54, 1.807) is 36.0 Å². The third kappa shape index (κ3) is 6.93. The number of hydrogen-bond acceptors (Lipinski definition) is 4. The SMILES string of the molecule is CSc1ccc(C(C)NC(=O)CN(Cc2ccc(Br)cc2)S(=O)(=O)c2ccc(C)cc2)cc1. The molecule has 3 aromatic carbocycles. The normalized spacial score (nSPS) is 12.5. The molecule has 1 amide bonds. The van der Waals surface area contributed by atoms with Crippen molar-refractivity contribution in [2.24, 2.45) is 0 Å². The van der Waals surface area contributed by atoms with Crippen molar-refractivity contribution in [1.82, 2.24) is 9.62 Å². The van der Waals surface area contributed by atoms with Gasteiger partial charge in [-0.3, -0.25) is 4.79 Å². The molecule has 0 aliphatic rings. The molecule has 3 aromatic rings. The zero-order valence-corrected chi connectivity index (χ0v) is 22.0. The molecule has 1 atom stereocenters. The van der Waals surface area contributed by atoms with E-state index in [9.17, 15) is 13.2 Å². The molecule has 1 N–H and O–H groups in total. The van der Waals surface area contributed by atoms with Gasteiger partial charge in [0.1, 0.15) is 0 Å². The van der Waals surface area contributed by atoms with Crippen LogP contribution < -0.4 is 5.32 Å². The highest BCUT2D eigenvalue weighted by Crippen LogP contribution is 2.22. The fraction of sp³-hybridized carbons (Fsp3) is 0.240. The molecule has 8 heteroatoms. The third-order valence-corrected chi connectivity index (χ3v) is 8.32. The Morgan fingerprint density at radius 1 is 1.00 bits per heavy atom. The molecule has 0 aliphatic carbocycles. The predicted molar refractivity (Wildman–Crippen MR) is 138 cm³/mol. The van der Waals surface area contributed by atoms with E-state index in [0.717, 1.165) is 26.1 Å². The molecule has 0 saturated heterocycles. The van der Waals surface area contributed by atoms with Crippen LogP contribution in [0.1, 0.15) is 29.7 Å². The number of carbonyl (C=O) groups excluding carboxylic acids is 1. The monoisotopic (exact) mass is 546 g/mol. The molecule has 0 aromatic heterocycles. The smallest absolute Gasteiger partial charge is 0.243 e. The number of nitrogens with one attached hydrogen (secondary N) is 1. The minimum absolute atomic E-state index is 0.0910. The van der Waals surface area contributed by atoms with Gasteiger partial charge >= 0.3 is 0 Å². The minimum atomic E-state index is -3.87. The first-order valence-electron chi connectivity index (χ1n) is 10.4. The van der Waals surface area contributed by atoms with Crippen molar-refractivity contribution in [3.8, 4) is 0 Å². The molecule has 33 heavy (non-hydrogen) atoms. The zero-order chi connectivity index (χ0) is 24.0. The Morgan fingerprint density at radius 2 is 1.61 bits per heavy atom. The largest absolute Gasteiger partial charge is 0.348 e. The molecule has 1 unspecified atom stereocenters. The number of benzene rings is 3. The standard InChI is InChI=1S/C25H27BrN2O3S2/c1-18-4-14-24(15-5-18)33(30,31)28(16-20-6-10-22(26)11-7-20)17-25(29)27-19(2)21-8-12-23(32-3)13-9-21/h4-15,19H,16-17H2,1-3H3,(H,27,29). The number of carbonyl (C=O) groups is 1. The average molecular weight is 548 g/mol. The summed E-state index contributed by atoms with van der Waals surface area (Å²) in [5, 5.41) is 2.93. The van der Waals surface area contributed by atoms with Crippen LogP contribution in [0.15, 0.2) is 87.1 Å². The van der Waals surface area contributed by atoms with E-state index in [-0.39, 0.29) is 29.9 Å². The number of rotatable bonds is 9. The maximum Gasteiger partial charge on any atom is 0.243 e. The lowest BCUT2D eigenvalue weighted by molar-refractivity contribution is -0.122. The van der Waals surface area contributed by atoms with E-state index < -0.39 is 10.0 Å². The molecule has 0 aliphatic heterocycles. The van der Waals surface area contributed by atoms with Gasteiger partial charge in [-0.15, -0.1) is 11.8 Å². The highest BCUT2D eigenvalue weighted by molar-refractivity contribution is 9.10. The van der Waals surface area contributed by atoms with Crippen molar-refractivity contribution in [1.29, 1.82) is 0 Å². The average Bonchev–Trinajstić information content (AvgIpc) is 2.80. The molecule has 0 heterocycles. The van der Waals surface area contributed by atoms with E-state index in [2.05, 4.69) is 21.2 Å². The van der Waals surface area contributed by atoms with Crippen LogP contribution in [-0.4, -0.2) is 31.4 Å². The lowest BCUT2D eigenvalue weighted by atomic mass is 10.1. The van der Waals surface area contributed by atoms with Gasteiger partial charge in [0, 0.05) is 15.9 Å². The molecule has 5 nitrogen and oxygen atoms in total. The van der Waals surface area contributed by atoms with Crippen molar-refractivity contribution < 1.29 is 13.2 Å². The summed E-state index contributed by atoms with van der Waals surface area (Å²) in [6.45, 7) is 3.60. The Labute approximate surface area is 208 Å². The van der Waals surface area contributed by atoms with Crippen molar-refractivity contribution in [2.45, 2.75) is 36.2 Å². The second-order valence-corrected chi connectivity index (χ2v) is 11.5. The summed E-state index contributed by atoms with van der Waals surface area (Å²) in [5.74, 6) is -0.357. The molecule has 0 saturated carbocycles. The first-order valence-corrected chi connectivity index (χ1v) is 13.9. The fourth-order valence-corrected chi connectivity index (χ4v) is 5.36. The van der Waals surface area contributed by atoms with Gasteiger partial charge in [0.05, 0.1) is 17.5 Å². The Bertz CT molecular complexity index is 1180. The van der Waals surface area contributed by atoms with Gasteiger partial charge in [-0.25, -0.2) is 8.42 Å². The summed E-state index contributed by atoms with van der Waals surface area (Å²) >= 11 is 5.05. The number of amides is 1. The Balaban J connectivity index is 1.81. The summed E-state index contributed by atoms with van der Waals surface area (Å²) in [6.07, 6.45) is 2.01. The summed E-state index contributed by atoms with van der Waals surface area (Å²) < 4.78 is 28.9. The summed E-state index contributed by atoms with van der Waals surface area (Å²) in [7, 11) is -3.87. The van der Waals surface area contributed by atoms with Crippen LogP contribution in [0.5, 0.6) is 0 Å². The molecule has 174 valence electrons. The van der Waals surface area contributed by atoms with Crippen molar-refractivity contribution in [3.63, 3.8) is 0 Å². The topological polar surface area (TPSA) is 66.5 Å². The van der Waals surface area contributed by atoms with Crippen LogP contribution in [0.3, 0.4) is 0 Å². The predicted octanol–water partition coefficient (Wildman–Crippen LogP) is 5.55. The van der Waals surface area contributed by atoms with Crippen molar-refractivity contribution in [3.05, 3.63) is 94.0 Å². The molecule has 0 fully saturated rings. The van der Waals surface area contributed by atoms with Crippen molar-refractivity contribution >= 4 is 43.6 Å². The maximum absolute atomic E-state index is 13.4. The summed E-state index contributed by atoms with van der Waals surface area (Å²) in [6, 6.07) is 21.8. The van der Waals surface area contributed by atoms with Crippen LogP contribution in [0, 0.1) is 6.92 Å². The Morgan fingerprint density at radius 3 is 2.18 bits per heavy atom. The van der Waals surface area contributed by atoms with Crippen LogP contribution >= 0.6 is 27.7 Å². The van der Waals surface area contributed by atoms with Crippen LogP contribution in [-0.2, 0) is 21.4 Å². The second-order valence-electron chi connectivity index (χ2n) is 7.77. The highest BCUT2D eigenvalue weighted by Gasteiger charge is 2.27. The third-order valence-electron chi connectivity index (χ3n) is 5.24. The minimum Gasteiger partial charge on any atom is -0.348 e. The quantitative estimate of drug-likeness (QED) is 0.357. The lowest BCUT2D eigenvalue weighted by Gasteiger charge is -2.23. The van der Waals surface area contributed by atoms with Gasteiger partial charge in [0.15, 0.2) is 0 Å². The Hall–Kier alpha value is -2.13. The van der Waals surface area contributed by atoms with Gasteiger partial charge in [-0.05, 0) is 67.6 Å². The highest BCUT2D eigenvalue weighted by atomic mass is 79.9. The van der Waals surface area contributed by atoms with Crippen LogP contribution in [0.4, 0.5) is 0 Å². The molecule has 0 radical (unpaired) electrons. The van der Waals surface area contributed by atoms with Crippen LogP contribution in [0.2, 0.25) is 0 Å². The molecule has 0 spiro atoms. The number of thioether (sulfide) groups is 1. The molecular formula is C25H27BrN2O3S2. The number of sulfonamides is 1. The summed E-state index contributed by atoms with van der Waals surface area (Å²) in [5.41, 5.74) is 2.72. The van der Waals surface area contributed by atoms with E-state index in [4.69, 9.17) is 0 Å². The number of nitrogens with zero attached hydrogens (tertiary/aromatic N) is 1. The van der Waals surface area contributed by atoms with Gasteiger partial charge < -0.3 is 5.32 Å². The first kappa shape index (κ1) is 25.5. The summed E-state index contributed by atoms with van der Waals surface area (Å²) in [4.78, 5) is 14.2. The second kappa shape index (κ2) is 11.3. The maximum atomic E-state index is 13.4. The number of hydrogen-bond donors (Lipinski definition) is 1. The first-order chi connectivity index (χ1) is 15.7. The fourth-order valence-electron chi connectivity index (χ4n) is 3.30. The number of halogens is 1. The van der Waals surface area contributed by atoms with Crippen LogP contribution in [0.25, 0.3) is 0 Å². The van der Waals surface area contributed by atoms with E-state index in [1.807, 2.05) is 68.6 Å². The Kier molecular flexibility index (Phi) is 8.75. The van der Waals surface area contributed by atoms with E-state index in [0.29, 0.717) is 0 Å². The van der Waals surface area contributed by atoms with Gasteiger partial charge in [0.2, 0.25) is 15.9 Å². The molecular weight excluding hydrogens is 520 g/mol. The number of aryl methyl sites for hydroxylation is 1. The van der Waals surface area contributed by atoms with Gasteiger partial charge in [-0.1, -0.05) is 57.9 Å². The van der Waals surface area contributed by atoms with E-state index >= 15 is 0 Å². The molecule has 3 rings (SSSR count). The lowest BCUT2D eigenvalue weighted by Crippen LogP contribution is -2.41. The van der Waals surface area contributed by atoms with E-state index in [1.165, 1.54) is 4.31 Å². The molecule has 0 bridgehead atoms. The zero-order valence-electron chi connectivity index (χ0n) is 18.8. The van der Waals surface area contributed by atoms with Gasteiger partial charge in [-0.2, -0.15) is 4.31 Å².